The van der Waals surface area contributed by atoms with Crippen LogP contribution < -0.4 is 9.47 Å². The minimum atomic E-state index is -4.83. The summed E-state index contributed by atoms with van der Waals surface area (Å²) in [6.07, 6.45) is -7.79. The molecular weight excluding hydrogens is 634 g/mol. The maximum atomic E-state index is 13.3. The lowest BCUT2D eigenvalue weighted by Crippen LogP contribution is -2.24. The van der Waals surface area contributed by atoms with E-state index in [1.807, 2.05) is 13.8 Å². The Morgan fingerprint density at radius 1 is 0.628 bits per heavy atom. The van der Waals surface area contributed by atoms with E-state index in [2.05, 4.69) is 39.0 Å². The van der Waals surface area contributed by atoms with Crippen molar-refractivity contribution in [3.63, 3.8) is 0 Å². The van der Waals surface area contributed by atoms with Gasteiger partial charge in [-0.15, -0.1) is 8.67 Å². The van der Waals surface area contributed by atoms with Crippen molar-refractivity contribution in [2.45, 2.75) is 45.5 Å². The molecule has 0 amide bonds. The highest BCUT2D eigenvalue weighted by Crippen LogP contribution is 2.26. The van der Waals surface area contributed by atoms with Crippen molar-refractivity contribution in [1.82, 2.24) is 0 Å². The molecule has 0 bridgehead atoms. The Morgan fingerprint density at radius 2 is 1.00 bits per heavy atom. The fraction of sp³-hybridized carbons (Fsp3) is 0.440. The van der Waals surface area contributed by atoms with Gasteiger partial charge in [-0.25, -0.2) is 0 Å². The summed E-state index contributed by atoms with van der Waals surface area (Å²) in [6, 6.07) is 9.83. The zero-order chi connectivity index (χ0) is 31.6. The van der Waals surface area contributed by atoms with Crippen LogP contribution in [0.25, 0.3) is 0 Å². The van der Waals surface area contributed by atoms with E-state index < -0.39 is 23.8 Å². The van der Waals surface area contributed by atoms with Gasteiger partial charge < -0.3 is 9.47 Å². The molecule has 18 heteroatoms. The van der Waals surface area contributed by atoms with Crippen LogP contribution in [-0.4, -0.2) is 48.5 Å². The first-order chi connectivity index (χ1) is 20.6. The van der Waals surface area contributed by atoms with E-state index in [1.54, 1.807) is 0 Å². The van der Waals surface area contributed by atoms with Gasteiger partial charge in [0.15, 0.2) is 11.4 Å². The van der Waals surface area contributed by atoms with Gasteiger partial charge in [-0.2, -0.15) is 36.3 Å². The first kappa shape index (κ1) is 36.3. The highest BCUT2D eigenvalue weighted by molar-refractivity contribution is 7.94. The fourth-order valence-electron chi connectivity index (χ4n) is 2.80. The third kappa shape index (κ3) is 14.4. The Kier molecular flexibility index (Phi) is 16.4. The number of alkyl halides is 6. The van der Waals surface area contributed by atoms with Crippen molar-refractivity contribution in [2.75, 3.05) is 24.7 Å². The Morgan fingerprint density at radius 3 is 1.33 bits per heavy atom. The zero-order valence-electron chi connectivity index (χ0n) is 22.8. The Hall–Kier alpha value is -2.90. The molecule has 0 unspecified atom stereocenters. The number of hydrogen-bond donors (Lipinski definition) is 0. The summed E-state index contributed by atoms with van der Waals surface area (Å²) in [5.41, 5.74) is -3.28. The monoisotopic (exact) mass is 662 g/mol. The van der Waals surface area contributed by atoms with E-state index in [1.165, 1.54) is 24.3 Å². The van der Waals surface area contributed by atoms with Crippen LogP contribution in [0, 0.1) is 0 Å². The number of hydrogen-bond acceptors (Lipinski definition) is 12. The number of halogens is 6. The van der Waals surface area contributed by atoms with Crippen molar-refractivity contribution in [2.24, 2.45) is 10.3 Å². The molecule has 0 aromatic heterocycles. The summed E-state index contributed by atoms with van der Waals surface area (Å²) >= 11 is 1.70. The molecule has 2 aromatic carbocycles. The molecule has 0 atom stereocenters. The van der Waals surface area contributed by atoms with Gasteiger partial charge in [-0.1, -0.05) is 13.8 Å². The molecule has 10 nitrogen and oxygen atoms in total. The van der Waals surface area contributed by atoms with Gasteiger partial charge in [-0.3, -0.25) is 0 Å². The molecule has 2 rings (SSSR count). The summed E-state index contributed by atoms with van der Waals surface area (Å²) in [7, 11) is 0. The highest BCUT2D eigenvalue weighted by Gasteiger charge is 2.39. The quantitative estimate of drug-likeness (QED) is 0.0347. The predicted octanol–water partition coefficient (Wildman–Crippen LogP) is 7.94. The first-order valence-corrected chi connectivity index (χ1v) is 14.4. The third-order valence-electron chi connectivity index (χ3n) is 4.66. The van der Waals surface area contributed by atoms with Crippen molar-refractivity contribution in [1.29, 1.82) is 0 Å². The van der Waals surface area contributed by atoms with Crippen LogP contribution in [0.2, 0.25) is 0 Å². The molecule has 0 fully saturated rings. The number of benzene rings is 2. The highest BCUT2D eigenvalue weighted by atomic mass is 32.2. The van der Waals surface area contributed by atoms with E-state index in [0.29, 0.717) is 17.9 Å². The summed E-state index contributed by atoms with van der Waals surface area (Å²) in [4.78, 5) is 8.31. The zero-order valence-corrected chi connectivity index (χ0v) is 24.4. The van der Waals surface area contributed by atoms with E-state index in [9.17, 15) is 26.3 Å². The topological polar surface area (TPSA) is 98.6 Å². The van der Waals surface area contributed by atoms with Gasteiger partial charge in [0.05, 0.1) is 13.2 Å². The van der Waals surface area contributed by atoms with Crippen molar-refractivity contribution < 1.29 is 64.5 Å². The average molecular weight is 663 g/mol. The molecule has 0 saturated heterocycles. The number of oxime groups is 2. The maximum Gasteiger partial charge on any atom is 0.437 e. The van der Waals surface area contributed by atoms with Gasteiger partial charge >= 0.3 is 12.4 Å². The standard InChI is InChI=1S/C25H28F6N2O8S2/c1-3-16-42-40-38-36-32-22(24(26,27)28)18-6-10-20(11-7-18)34-14-5-15-35-21-12-8-19(9-13-21)23(25(29,30)31)33-37-39-41-43-17-4-2/h6-13H,3-5,14-17H2,1-2H3/b32-22-,33-23-. The van der Waals surface area contributed by atoms with Crippen LogP contribution in [0.15, 0.2) is 58.8 Å². The lowest BCUT2D eigenvalue weighted by molar-refractivity contribution is -0.462. The molecule has 43 heavy (non-hydrogen) atoms. The number of nitrogens with zero attached hydrogens (tertiary/aromatic N) is 2. The Bertz CT molecular complexity index is 1030. The van der Waals surface area contributed by atoms with E-state index >= 15 is 0 Å². The molecule has 0 N–H and O–H groups in total. The smallest absolute Gasteiger partial charge is 0.437 e. The number of ether oxygens (including phenoxy) is 2. The van der Waals surface area contributed by atoms with Gasteiger partial charge in [0, 0.05) is 63.2 Å². The third-order valence-corrected chi connectivity index (χ3v) is 6.12. The molecule has 2 aromatic rings. The second-order valence-electron chi connectivity index (χ2n) is 8.04. The van der Waals surface area contributed by atoms with Crippen LogP contribution in [0.5, 0.6) is 11.5 Å². The van der Waals surface area contributed by atoms with E-state index in [0.717, 1.165) is 61.2 Å². The Labute approximate surface area is 251 Å². The van der Waals surface area contributed by atoms with Gasteiger partial charge in [-0.05, 0) is 71.7 Å². The van der Waals surface area contributed by atoms with Crippen LogP contribution in [0.1, 0.15) is 44.2 Å². The minimum Gasteiger partial charge on any atom is -0.493 e. The lowest BCUT2D eigenvalue weighted by atomic mass is 10.1. The summed E-state index contributed by atoms with van der Waals surface area (Å²) in [5.74, 6) is 1.66. The normalized spacial score (nSPS) is 12.7. The van der Waals surface area contributed by atoms with Crippen molar-refractivity contribution in [3.05, 3.63) is 59.7 Å². The van der Waals surface area contributed by atoms with E-state index in [4.69, 9.17) is 9.47 Å². The van der Waals surface area contributed by atoms with Crippen LogP contribution in [-0.2, 0) is 28.7 Å². The number of rotatable bonds is 20. The molecule has 0 spiro atoms. The lowest BCUT2D eigenvalue weighted by Gasteiger charge is -2.12. The summed E-state index contributed by atoms with van der Waals surface area (Å²) < 4.78 is 100. The first-order valence-electron chi connectivity index (χ1n) is 12.6. The molecule has 0 aliphatic rings. The van der Waals surface area contributed by atoms with Crippen molar-refractivity contribution in [3.8, 4) is 11.5 Å². The molecule has 0 aliphatic heterocycles. The molecule has 0 aliphatic carbocycles. The van der Waals surface area contributed by atoms with Crippen LogP contribution in [0.4, 0.5) is 26.3 Å². The minimum absolute atomic E-state index is 0.141. The Balaban J connectivity index is 1.81. The summed E-state index contributed by atoms with van der Waals surface area (Å²) in [5, 5.41) is 14.2. The van der Waals surface area contributed by atoms with Crippen molar-refractivity contribution >= 4 is 35.5 Å². The van der Waals surface area contributed by atoms with Crippen LogP contribution in [0.3, 0.4) is 0 Å². The SMILES string of the molecule is CCCSOOO/N=C(/c1ccc(OCCCOc2ccc(/C(=N/OOOSCCC)C(F)(F)F)cc2)cc1)C(F)(F)F. The second-order valence-corrected chi connectivity index (χ2v) is 9.60. The molecule has 0 radical (unpaired) electrons. The van der Waals surface area contributed by atoms with Gasteiger partial charge in [0.1, 0.15) is 11.5 Å². The molecule has 0 heterocycles. The van der Waals surface area contributed by atoms with Gasteiger partial charge in [0.2, 0.25) is 0 Å². The van der Waals surface area contributed by atoms with E-state index in [-0.39, 0.29) is 35.8 Å². The maximum absolute atomic E-state index is 13.3. The second kappa shape index (κ2) is 19.4. The largest absolute Gasteiger partial charge is 0.493 e. The molecule has 0 saturated carbocycles. The fourth-order valence-corrected chi connectivity index (χ4v) is 3.39. The van der Waals surface area contributed by atoms with Gasteiger partial charge in [0.25, 0.3) is 0 Å². The van der Waals surface area contributed by atoms with Crippen LogP contribution >= 0.6 is 24.1 Å². The summed E-state index contributed by atoms with van der Waals surface area (Å²) in [6.45, 7) is 4.03. The molecular formula is C25H28F6N2O8S2. The molecule has 240 valence electrons. The predicted molar refractivity (Wildman–Crippen MR) is 146 cm³/mol. The average Bonchev–Trinajstić information content (AvgIpc) is 2.96.